The zero-order chi connectivity index (χ0) is 7.61. The van der Waals surface area contributed by atoms with Gasteiger partial charge in [-0.15, -0.1) is 11.6 Å². The topological polar surface area (TPSA) is 12.5 Å². The maximum Gasteiger partial charge on any atom is 0.0920 e. The lowest BCUT2D eigenvalue weighted by Gasteiger charge is -2.09. The summed E-state index contributed by atoms with van der Waals surface area (Å²) >= 11 is 4.64. The molecule has 1 aliphatic carbocycles. The molecule has 60 valence electrons. The molecule has 0 N–H and O–H groups in total. The Morgan fingerprint density at radius 2 is 2.10 bits per heavy atom. The van der Waals surface area contributed by atoms with Crippen LogP contribution >= 0.6 is 11.6 Å². The summed E-state index contributed by atoms with van der Waals surface area (Å²) < 4.78 is 5.47. The highest BCUT2D eigenvalue weighted by molar-refractivity contribution is 6.15. The van der Waals surface area contributed by atoms with E-state index in [9.17, 15) is 0 Å². The van der Waals surface area contributed by atoms with Crippen molar-refractivity contribution in [3.63, 3.8) is 0 Å². The van der Waals surface area contributed by atoms with Crippen molar-refractivity contribution in [3.8, 4) is 0 Å². The van der Waals surface area contributed by atoms with Crippen LogP contribution in [-0.2, 0) is 4.74 Å². The molecule has 0 amide bonds. The number of hydrogen-bond acceptors (Lipinski definition) is 1. The van der Waals surface area contributed by atoms with E-state index in [1.54, 1.807) is 0 Å². The lowest BCUT2D eigenvalue weighted by atomic mass is 9.91. The second-order valence-electron chi connectivity index (χ2n) is 3.16. The summed E-state index contributed by atoms with van der Waals surface area (Å²) in [6, 6.07) is 0. The lowest BCUT2D eigenvalue weighted by Crippen LogP contribution is -2.13. The number of ether oxygens (including phenoxy) is 1. The number of alkyl halides is 1. The van der Waals surface area contributed by atoms with Crippen molar-refractivity contribution in [2.45, 2.75) is 44.3 Å². The standard InChI is InChI=1S/C7H12O.CH3Cl/c1-7-5-3-2-4-6(7)8-7;1-2/h6H,2-5H2,1H3;1H3. The largest absolute Gasteiger partial charge is 0.366 e. The fourth-order valence-electron chi connectivity index (χ4n) is 1.68. The Kier molecular flexibility index (Phi) is 2.59. The van der Waals surface area contributed by atoms with Crippen LogP contribution in [0.25, 0.3) is 0 Å². The molecule has 2 atom stereocenters. The monoisotopic (exact) mass is 162 g/mol. The minimum Gasteiger partial charge on any atom is -0.366 e. The zero-order valence-electron chi connectivity index (χ0n) is 6.69. The van der Waals surface area contributed by atoms with Gasteiger partial charge < -0.3 is 4.74 Å². The van der Waals surface area contributed by atoms with E-state index in [-0.39, 0.29) is 0 Å². The van der Waals surface area contributed by atoms with Gasteiger partial charge in [-0.05, 0) is 19.8 Å². The Bertz CT molecular complexity index is 114. The van der Waals surface area contributed by atoms with Crippen LogP contribution < -0.4 is 0 Å². The Labute approximate surface area is 67.7 Å². The van der Waals surface area contributed by atoms with Crippen LogP contribution in [0.2, 0.25) is 0 Å². The van der Waals surface area contributed by atoms with E-state index >= 15 is 0 Å². The van der Waals surface area contributed by atoms with E-state index in [0.717, 1.165) is 0 Å². The molecule has 2 rings (SSSR count). The van der Waals surface area contributed by atoms with E-state index in [2.05, 4.69) is 18.5 Å². The molecule has 2 heteroatoms. The van der Waals surface area contributed by atoms with Crippen molar-refractivity contribution in [1.29, 1.82) is 0 Å². The highest BCUT2D eigenvalue weighted by Crippen LogP contribution is 2.46. The summed E-state index contributed by atoms with van der Waals surface area (Å²) in [5, 5.41) is 0. The molecule has 0 aromatic carbocycles. The summed E-state index contributed by atoms with van der Waals surface area (Å²) in [4.78, 5) is 0. The summed E-state index contributed by atoms with van der Waals surface area (Å²) in [7, 11) is 0. The summed E-state index contributed by atoms with van der Waals surface area (Å²) in [5.41, 5.74) is 0.345. The van der Waals surface area contributed by atoms with Gasteiger partial charge in [0, 0.05) is 6.38 Å². The van der Waals surface area contributed by atoms with Crippen LogP contribution in [-0.4, -0.2) is 18.1 Å². The minimum atomic E-state index is 0.345. The molecule has 0 radical (unpaired) electrons. The summed E-state index contributed by atoms with van der Waals surface area (Å²) in [5.74, 6) is 0. The van der Waals surface area contributed by atoms with E-state index < -0.39 is 0 Å². The number of hydrogen-bond donors (Lipinski definition) is 0. The molecule has 0 bridgehead atoms. The molecule has 0 aromatic heterocycles. The Morgan fingerprint density at radius 1 is 1.40 bits per heavy atom. The quantitative estimate of drug-likeness (QED) is 0.394. The van der Waals surface area contributed by atoms with Gasteiger partial charge in [0.1, 0.15) is 0 Å². The summed E-state index contributed by atoms with van der Waals surface area (Å²) in [6.07, 6.45) is 7.51. The van der Waals surface area contributed by atoms with Gasteiger partial charge in [0.05, 0.1) is 11.7 Å². The number of fused-ring (bicyclic) bond motifs is 1. The molecule has 2 fully saturated rings. The van der Waals surface area contributed by atoms with E-state index in [1.807, 2.05) is 0 Å². The van der Waals surface area contributed by atoms with Gasteiger partial charge >= 0.3 is 0 Å². The van der Waals surface area contributed by atoms with Gasteiger partial charge in [-0.3, -0.25) is 0 Å². The highest BCUT2D eigenvalue weighted by atomic mass is 35.5. The predicted molar refractivity (Wildman–Crippen MR) is 43.5 cm³/mol. The second kappa shape index (κ2) is 3.10. The Morgan fingerprint density at radius 3 is 2.50 bits per heavy atom. The fourth-order valence-corrected chi connectivity index (χ4v) is 1.68. The van der Waals surface area contributed by atoms with Gasteiger partial charge in [0.25, 0.3) is 0 Å². The molecule has 0 aromatic rings. The highest BCUT2D eigenvalue weighted by Gasteiger charge is 2.52. The van der Waals surface area contributed by atoms with Gasteiger partial charge in [0.2, 0.25) is 0 Å². The normalized spacial score (nSPS) is 42.9. The number of rotatable bonds is 0. The smallest absolute Gasteiger partial charge is 0.0920 e. The van der Waals surface area contributed by atoms with Crippen LogP contribution in [0.3, 0.4) is 0 Å². The molecule has 2 unspecified atom stereocenters. The molecule has 1 saturated heterocycles. The first-order chi connectivity index (χ1) is 4.81. The molecular formula is C8H15ClO. The molecular weight excluding hydrogens is 148 g/mol. The molecule has 1 heterocycles. The lowest BCUT2D eigenvalue weighted by molar-refractivity contribution is 0.304. The molecule has 0 spiro atoms. The van der Waals surface area contributed by atoms with Crippen molar-refractivity contribution < 1.29 is 4.74 Å². The maximum absolute atomic E-state index is 5.47. The fraction of sp³-hybridized carbons (Fsp3) is 1.00. The third kappa shape index (κ3) is 1.46. The predicted octanol–water partition coefficient (Wildman–Crippen LogP) is 2.57. The SMILES string of the molecule is CC12CCCCC1O2.CCl. The van der Waals surface area contributed by atoms with E-state index in [0.29, 0.717) is 11.7 Å². The molecule has 2 aliphatic rings. The first-order valence-electron chi connectivity index (χ1n) is 3.87. The van der Waals surface area contributed by atoms with E-state index in [1.165, 1.54) is 32.1 Å². The average Bonchev–Trinajstić information content (AvgIpc) is 2.64. The van der Waals surface area contributed by atoms with Crippen LogP contribution in [0.5, 0.6) is 0 Å². The molecule has 1 saturated carbocycles. The first kappa shape index (κ1) is 8.35. The zero-order valence-corrected chi connectivity index (χ0v) is 7.45. The number of epoxide rings is 1. The van der Waals surface area contributed by atoms with Crippen molar-refractivity contribution in [2.24, 2.45) is 0 Å². The first-order valence-corrected chi connectivity index (χ1v) is 4.62. The van der Waals surface area contributed by atoms with Crippen LogP contribution in [0.15, 0.2) is 0 Å². The summed E-state index contributed by atoms with van der Waals surface area (Å²) in [6.45, 7) is 2.23. The van der Waals surface area contributed by atoms with Gasteiger partial charge in [-0.25, -0.2) is 0 Å². The maximum atomic E-state index is 5.47. The Hall–Kier alpha value is 0.250. The van der Waals surface area contributed by atoms with Crippen LogP contribution in [0, 0.1) is 0 Å². The average molecular weight is 163 g/mol. The van der Waals surface area contributed by atoms with Gasteiger partial charge in [0.15, 0.2) is 0 Å². The molecule has 1 nitrogen and oxygen atoms in total. The van der Waals surface area contributed by atoms with Gasteiger partial charge in [-0.1, -0.05) is 12.8 Å². The second-order valence-corrected chi connectivity index (χ2v) is 3.16. The van der Waals surface area contributed by atoms with Crippen molar-refractivity contribution in [2.75, 3.05) is 6.38 Å². The Balaban J connectivity index is 0.000000231. The van der Waals surface area contributed by atoms with Crippen molar-refractivity contribution >= 4 is 11.6 Å². The molecule has 10 heavy (non-hydrogen) atoms. The third-order valence-corrected chi connectivity index (χ3v) is 2.42. The van der Waals surface area contributed by atoms with Gasteiger partial charge in [-0.2, -0.15) is 0 Å². The van der Waals surface area contributed by atoms with Crippen molar-refractivity contribution in [1.82, 2.24) is 0 Å². The van der Waals surface area contributed by atoms with Crippen molar-refractivity contribution in [3.05, 3.63) is 0 Å². The molecule has 1 aliphatic heterocycles. The van der Waals surface area contributed by atoms with E-state index in [4.69, 9.17) is 4.74 Å². The number of halogens is 1. The van der Waals surface area contributed by atoms with Crippen LogP contribution in [0.4, 0.5) is 0 Å². The van der Waals surface area contributed by atoms with Crippen LogP contribution in [0.1, 0.15) is 32.6 Å². The third-order valence-electron chi connectivity index (χ3n) is 2.42. The minimum absolute atomic E-state index is 0.345.